The molecule has 1 aliphatic carbocycles. The monoisotopic (exact) mass is 181 g/mol. The Bertz CT molecular complexity index is 296. The van der Waals surface area contributed by atoms with Crippen LogP contribution in [0.3, 0.4) is 0 Å². The largest absolute Gasteiger partial charge is 0.327 e. The summed E-state index contributed by atoms with van der Waals surface area (Å²) in [6, 6.07) is 6.44. The lowest BCUT2D eigenvalue weighted by Gasteiger charge is -2.21. The highest BCUT2D eigenvalue weighted by Gasteiger charge is 2.14. The number of benzene rings is 1. The molecule has 0 aliphatic heterocycles. The van der Waals surface area contributed by atoms with Crippen LogP contribution in [0.15, 0.2) is 18.2 Å². The zero-order chi connectivity index (χ0) is 8.55. The number of aryl methyl sites for hydroxylation is 1. The van der Waals surface area contributed by atoms with E-state index < -0.39 is 0 Å². The minimum atomic E-state index is 0.346. The van der Waals surface area contributed by atoms with Gasteiger partial charge in [-0.25, -0.2) is 0 Å². The predicted molar refractivity (Wildman–Crippen MR) is 51.5 cm³/mol. The third-order valence-corrected chi connectivity index (χ3v) is 2.67. The van der Waals surface area contributed by atoms with E-state index in [1.807, 2.05) is 6.07 Å². The molecule has 2 N–H and O–H groups in total. The Morgan fingerprint density at radius 1 is 1.33 bits per heavy atom. The Morgan fingerprint density at radius 3 is 3.00 bits per heavy atom. The van der Waals surface area contributed by atoms with Crippen LogP contribution in [-0.2, 0) is 12.8 Å². The van der Waals surface area contributed by atoms with Crippen molar-refractivity contribution in [1.82, 2.24) is 0 Å². The van der Waals surface area contributed by atoms with Gasteiger partial charge in [-0.05, 0) is 42.5 Å². The molecule has 1 atom stereocenters. The lowest BCUT2D eigenvalue weighted by molar-refractivity contribution is 0.576. The fourth-order valence-electron chi connectivity index (χ4n) is 1.75. The van der Waals surface area contributed by atoms with Gasteiger partial charge in [-0.3, -0.25) is 0 Å². The lowest BCUT2D eigenvalue weighted by atomic mass is 9.89. The molecule has 0 heterocycles. The molecule has 0 spiro atoms. The first kappa shape index (κ1) is 8.09. The Labute approximate surface area is 77.5 Å². The highest BCUT2D eigenvalue weighted by atomic mass is 35.5. The summed E-state index contributed by atoms with van der Waals surface area (Å²) in [7, 11) is 0. The number of hydrogen-bond donors (Lipinski definition) is 1. The topological polar surface area (TPSA) is 26.0 Å². The minimum absolute atomic E-state index is 0.346. The molecule has 64 valence electrons. The van der Waals surface area contributed by atoms with Crippen LogP contribution in [0.2, 0.25) is 5.02 Å². The van der Waals surface area contributed by atoms with Crippen molar-refractivity contribution in [2.45, 2.75) is 25.3 Å². The van der Waals surface area contributed by atoms with E-state index in [4.69, 9.17) is 17.3 Å². The Balaban J connectivity index is 2.37. The summed E-state index contributed by atoms with van der Waals surface area (Å²) < 4.78 is 0. The Kier molecular flexibility index (Phi) is 2.07. The maximum absolute atomic E-state index is 5.88. The van der Waals surface area contributed by atoms with E-state index in [1.165, 1.54) is 11.1 Å². The maximum Gasteiger partial charge on any atom is 0.0408 e. The van der Waals surface area contributed by atoms with Crippen molar-refractivity contribution in [3.63, 3.8) is 0 Å². The molecule has 0 radical (unpaired) electrons. The zero-order valence-electron chi connectivity index (χ0n) is 6.89. The van der Waals surface area contributed by atoms with Crippen LogP contribution < -0.4 is 5.73 Å². The normalized spacial score (nSPS) is 22.0. The predicted octanol–water partition coefficient (Wildman–Crippen LogP) is 2.16. The summed E-state index contributed by atoms with van der Waals surface area (Å²) in [6.07, 6.45) is 3.18. The van der Waals surface area contributed by atoms with Gasteiger partial charge in [0.05, 0.1) is 0 Å². The first-order valence-electron chi connectivity index (χ1n) is 4.28. The molecule has 0 unspecified atom stereocenters. The highest BCUT2D eigenvalue weighted by Crippen LogP contribution is 2.23. The van der Waals surface area contributed by atoms with Crippen molar-refractivity contribution in [3.05, 3.63) is 34.3 Å². The molecule has 1 aromatic rings. The first-order valence-corrected chi connectivity index (χ1v) is 4.66. The third kappa shape index (κ3) is 1.47. The number of fused-ring (bicyclic) bond motifs is 1. The van der Waals surface area contributed by atoms with E-state index in [-0.39, 0.29) is 0 Å². The quantitative estimate of drug-likeness (QED) is 0.652. The van der Waals surface area contributed by atoms with Crippen LogP contribution in [0, 0.1) is 0 Å². The van der Waals surface area contributed by atoms with E-state index in [9.17, 15) is 0 Å². The maximum atomic E-state index is 5.88. The van der Waals surface area contributed by atoms with Crippen molar-refractivity contribution < 1.29 is 0 Å². The second-order valence-electron chi connectivity index (χ2n) is 3.42. The number of halogens is 1. The van der Waals surface area contributed by atoms with E-state index in [1.54, 1.807) is 0 Å². The molecule has 1 aromatic carbocycles. The third-order valence-electron chi connectivity index (χ3n) is 2.43. The van der Waals surface area contributed by atoms with E-state index in [0.29, 0.717) is 6.04 Å². The molecule has 2 heteroatoms. The summed E-state index contributed by atoms with van der Waals surface area (Å²) >= 11 is 5.88. The van der Waals surface area contributed by atoms with Gasteiger partial charge in [-0.15, -0.1) is 0 Å². The molecule has 0 amide bonds. The van der Waals surface area contributed by atoms with Crippen molar-refractivity contribution in [1.29, 1.82) is 0 Å². The first-order chi connectivity index (χ1) is 5.75. The fourth-order valence-corrected chi connectivity index (χ4v) is 1.95. The summed E-state index contributed by atoms with van der Waals surface area (Å²) in [4.78, 5) is 0. The molecule has 2 rings (SSSR count). The van der Waals surface area contributed by atoms with Gasteiger partial charge in [0.15, 0.2) is 0 Å². The SMILES string of the molecule is N[C@@H]1CCc2cc(Cl)ccc2C1. The average molecular weight is 182 g/mol. The van der Waals surface area contributed by atoms with Crippen LogP contribution in [0.4, 0.5) is 0 Å². The van der Waals surface area contributed by atoms with Gasteiger partial charge in [0.25, 0.3) is 0 Å². The van der Waals surface area contributed by atoms with Crippen LogP contribution in [0.5, 0.6) is 0 Å². The molecule has 0 aromatic heterocycles. The molecule has 0 saturated heterocycles. The zero-order valence-corrected chi connectivity index (χ0v) is 7.64. The molecular weight excluding hydrogens is 170 g/mol. The molecule has 0 bridgehead atoms. The lowest BCUT2D eigenvalue weighted by Crippen LogP contribution is -2.27. The van der Waals surface area contributed by atoms with Crippen LogP contribution >= 0.6 is 11.6 Å². The smallest absolute Gasteiger partial charge is 0.0408 e. The number of hydrogen-bond acceptors (Lipinski definition) is 1. The van der Waals surface area contributed by atoms with Gasteiger partial charge >= 0.3 is 0 Å². The van der Waals surface area contributed by atoms with Crippen LogP contribution in [-0.4, -0.2) is 6.04 Å². The Hall–Kier alpha value is -0.530. The standard InChI is InChI=1S/C10H12ClN/c11-9-3-1-8-6-10(12)4-2-7(8)5-9/h1,3,5,10H,2,4,6,12H2/t10-/m1/s1. The molecule has 0 saturated carbocycles. The van der Waals surface area contributed by atoms with Gasteiger partial charge in [-0.1, -0.05) is 17.7 Å². The van der Waals surface area contributed by atoms with Gasteiger partial charge in [0.1, 0.15) is 0 Å². The summed E-state index contributed by atoms with van der Waals surface area (Å²) in [5.74, 6) is 0. The van der Waals surface area contributed by atoms with Crippen LogP contribution in [0.25, 0.3) is 0 Å². The molecule has 1 aliphatic rings. The second-order valence-corrected chi connectivity index (χ2v) is 3.85. The molecule has 12 heavy (non-hydrogen) atoms. The molecule has 0 fully saturated rings. The van der Waals surface area contributed by atoms with E-state index in [0.717, 1.165) is 24.3 Å². The van der Waals surface area contributed by atoms with Crippen LogP contribution in [0.1, 0.15) is 17.5 Å². The summed E-state index contributed by atoms with van der Waals surface area (Å²) in [6.45, 7) is 0. The van der Waals surface area contributed by atoms with Crippen molar-refractivity contribution in [2.75, 3.05) is 0 Å². The highest BCUT2D eigenvalue weighted by molar-refractivity contribution is 6.30. The van der Waals surface area contributed by atoms with Gasteiger partial charge in [0, 0.05) is 11.1 Å². The second kappa shape index (κ2) is 3.08. The fraction of sp³-hybridized carbons (Fsp3) is 0.400. The molecular formula is C10H12ClN. The molecule has 1 nitrogen and oxygen atoms in total. The summed E-state index contributed by atoms with van der Waals surface area (Å²) in [5, 5.41) is 0.837. The van der Waals surface area contributed by atoms with Crippen molar-refractivity contribution >= 4 is 11.6 Å². The Morgan fingerprint density at radius 2 is 2.17 bits per heavy atom. The number of rotatable bonds is 0. The van der Waals surface area contributed by atoms with E-state index in [2.05, 4.69) is 12.1 Å². The summed E-state index contributed by atoms with van der Waals surface area (Å²) in [5.41, 5.74) is 8.61. The van der Waals surface area contributed by atoms with Gasteiger partial charge in [-0.2, -0.15) is 0 Å². The van der Waals surface area contributed by atoms with Crippen molar-refractivity contribution in [3.8, 4) is 0 Å². The van der Waals surface area contributed by atoms with E-state index >= 15 is 0 Å². The van der Waals surface area contributed by atoms with Crippen molar-refractivity contribution in [2.24, 2.45) is 5.73 Å². The van der Waals surface area contributed by atoms with Gasteiger partial charge in [0.2, 0.25) is 0 Å². The minimum Gasteiger partial charge on any atom is -0.327 e. The number of nitrogens with two attached hydrogens (primary N) is 1. The van der Waals surface area contributed by atoms with Gasteiger partial charge < -0.3 is 5.73 Å². The average Bonchev–Trinajstić information content (AvgIpc) is 2.05.